The molecular formula is C16H26N2. The first-order valence-electron chi connectivity index (χ1n) is 7.34. The van der Waals surface area contributed by atoms with Gasteiger partial charge < -0.3 is 10.6 Å². The molecule has 1 saturated carbocycles. The van der Waals surface area contributed by atoms with Gasteiger partial charge in [0, 0.05) is 18.8 Å². The Kier molecular flexibility index (Phi) is 5.53. The maximum atomic E-state index is 3.58. The number of benzene rings is 1. The van der Waals surface area contributed by atoms with Crippen molar-refractivity contribution in [3.05, 3.63) is 30.3 Å². The van der Waals surface area contributed by atoms with Crippen LogP contribution in [0.5, 0.6) is 0 Å². The van der Waals surface area contributed by atoms with Crippen LogP contribution in [0.2, 0.25) is 0 Å². The van der Waals surface area contributed by atoms with Crippen LogP contribution in [0.15, 0.2) is 30.3 Å². The summed E-state index contributed by atoms with van der Waals surface area (Å²) in [5.41, 5.74) is 1.21. The van der Waals surface area contributed by atoms with Crippen molar-refractivity contribution >= 4 is 5.69 Å². The number of hydrogen-bond donors (Lipinski definition) is 2. The minimum Gasteiger partial charge on any atom is -0.384 e. The van der Waals surface area contributed by atoms with Gasteiger partial charge in [-0.25, -0.2) is 0 Å². The smallest absolute Gasteiger partial charge is 0.0340 e. The molecule has 0 spiro atoms. The predicted molar refractivity (Wildman–Crippen MR) is 78.9 cm³/mol. The fourth-order valence-electron chi connectivity index (χ4n) is 2.69. The second-order valence-electron chi connectivity index (χ2n) is 5.62. The summed E-state index contributed by atoms with van der Waals surface area (Å²) in [6, 6.07) is 10.4. The van der Waals surface area contributed by atoms with Crippen LogP contribution in [0, 0.1) is 11.8 Å². The molecule has 18 heavy (non-hydrogen) atoms. The van der Waals surface area contributed by atoms with E-state index in [0.717, 1.165) is 24.9 Å². The van der Waals surface area contributed by atoms with Gasteiger partial charge in [0.1, 0.15) is 0 Å². The van der Waals surface area contributed by atoms with Gasteiger partial charge in [0.05, 0.1) is 0 Å². The average Bonchev–Trinajstić information content (AvgIpc) is 2.42. The van der Waals surface area contributed by atoms with E-state index in [1.165, 1.54) is 37.9 Å². The number of para-hydroxylation sites is 1. The highest BCUT2D eigenvalue weighted by molar-refractivity contribution is 5.42. The largest absolute Gasteiger partial charge is 0.384 e. The van der Waals surface area contributed by atoms with E-state index in [9.17, 15) is 0 Å². The van der Waals surface area contributed by atoms with Crippen LogP contribution in [0.1, 0.15) is 32.6 Å². The minimum absolute atomic E-state index is 0.915. The van der Waals surface area contributed by atoms with E-state index in [0.29, 0.717) is 0 Å². The highest BCUT2D eigenvalue weighted by Crippen LogP contribution is 2.27. The van der Waals surface area contributed by atoms with Gasteiger partial charge in [-0.3, -0.25) is 0 Å². The van der Waals surface area contributed by atoms with Crippen molar-refractivity contribution in [2.75, 3.05) is 25.0 Å². The first-order valence-corrected chi connectivity index (χ1v) is 7.34. The first-order chi connectivity index (χ1) is 8.84. The number of anilines is 1. The monoisotopic (exact) mass is 246 g/mol. The number of rotatable bonds is 6. The van der Waals surface area contributed by atoms with E-state index in [1.807, 2.05) is 6.07 Å². The van der Waals surface area contributed by atoms with E-state index in [1.54, 1.807) is 0 Å². The lowest BCUT2D eigenvalue weighted by Gasteiger charge is -2.26. The third kappa shape index (κ3) is 4.69. The Labute approximate surface area is 111 Å². The molecule has 1 aliphatic rings. The third-order valence-electron chi connectivity index (χ3n) is 3.97. The molecule has 0 saturated heterocycles. The van der Waals surface area contributed by atoms with Gasteiger partial charge in [-0.05, 0) is 43.4 Å². The molecule has 0 radical (unpaired) electrons. The lowest BCUT2D eigenvalue weighted by atomic mass is 9.83. The van der Waals surface area contributed by atoms with Gasteiger partial charge in [-0.2, -0.15) is 0 Å². The summed E-state index contributed by atoms with van der Waals surface area (Å²) in [5.74, 6) is 1.87. The Bertz CT molecular complexity index is 315. The standard InChI is InChI=1S/C16H26N2/c1-14-7-9-15(10-8-14)13-17-11-12-18-16-5-3-2-4-6-16/h2-6,14-15,17-18H,7-13H2,1H3. The van der Waals surface area contributed by atoms with Gasteiger partial charge >= 0.3 is 0 Å². The molecule has 0 unspecified atom stereocenters. The molecule has 1 aromatic carbocycles. The van der Waals surface area contributed by atoms with Gasteiger partial charge in [0.25, 0.3) is 0 Å². The molecule has 0 heterocycles. The maximum absolute atomic E-state index is 3.58. The van der Waals surface area contributed by atoms with Crippen LogP contribution < -0.4 is 10.6 Å². The van der Waals surface area contributed by atoms with Crippen LogP contribution in [-0.2, 0) is 0 Å². The van der Waals surface area contributed by atoms with Crippen molar-refractivity contribution in [3.63, 3.8) is 0 Å². The van der Waals surface area contributed by atoms with Crippen LogP contribution in [0.25, 0.3) is 0 Å². The summed E-state index contributed by atoms with van der Waals surface area (Å²) in [5, 5.41) is 7.00. The quantitative estimate of drug-likeness (QED) is 0.751. The zero-order valence-electron chi connectivity index (χ0n) is 11.5. The van der Waals surface area contributed by atoms with E-state index >= 15 is 0 Å². The Balaban J connectivity index is 1.51. The zero-order valence-corrected chi connectivity index (χ0v) is 11.5. The molecule has 0 atom stereocenters. The Morgan fingerprint density at radius 2 is 1.72 bits per heavy atom. The average molecular weight is 246 g/mol. The van der Waals surface area contributed by atoms with Crippen molar-refractivity contribution in [2.45, 2.75) is 32.6 Å². The summed E-state index contributed by atoms with van der Waals surface area (Å²) >= 11 is 0. The SMILES string of the molecule is CC1CCC(CNCCNc2ccccc2)CC1. The molecule has 2 nitrogen and oxygen atoms in total. The summed E-state index contributed by atoms with van der Waals surface area (Å²) < 4.78 is 0. The number of nitrogens with one attached hydrogen (secondary N) is 2. The van der Waals surface area contributed by atoms with E-state index in [2.05, 4.69) is 41.8 Å². The summed E-state index contributed by atoms with van der Waals surface area (Å²) in [6.45, 7) is 5.64. The van der Waals surface area contributed by atoms with Crippen LogP contribution in [0.4, 0.5) is 5.69 Å². The Morgan fingerprint density at radius 1 is 1.00 bits per heavy atom. The summed E-state index contributed by atoms with van der Waals surface area (Å²) in [7, 11) is 0. The molecule has 1 fully saturated rings. The molecule has 0 aromatic heterocycles. The molecule has 0 aliphatic heterocycles. The predicted octanol–water partition coefficient (Wildman–Crippen LogP) is 3.51. The first kappa shape index (κ1) is 13.4. The lowest BCUT2D eigenvalue weighted by molar-refractivity contribution is 0.283. The highest BCUT2D eigenvalue weighted by Gasteiger charge is 2.17. The van der Waals surface area contributed by atoms with Crippen molar-refractivity contribution < 1.29 is 0 Å². The molecule has 0 bridgehead atoms. The normalized spacial score (nSPS) is 23.8. The molecule has 0 amide bonds. The van der Waals surface area contributed by atoms with Crippen LogP contribution in [0.3, 0.4) is 0 Å². The topological polar surface area (TPSA) is 24.1 Å². The maximum Gasteiger partial charge on any atom is 0.0340 e. The Hall–Kier alpha value is -1.02. The molecule has 2 heteroatoms. The summed E-state index contributed by atoms with van der Waals surface area (Å²) in [6.07, 6.45) is 5.68. The Morgan fingerprint density at radius 3 is 2.44 bits per heavy atom. The zero-order chi connectivity index (χ0) is 12.6. The second kappa shape index (κ2) is 7.42. The molecule has 1 aromatic rings. The minimum atomic E-state index is 0.915. The molecule has 100 valence electrons. The highest BCUT2D eigenvalue weighted by atomic mass is 14.9. The van der Waals surface area contributed by atoms with Gasteiger partial charge in [0.2, 0.25) is 0 Å². The van der Waals surface area contributed by atoms with Crippen molar-refractivity contribution in [1.82, 2.24) is 5.32 Å². The van der Waals surface area contributed by atoms with Gasteiger partial charge in [-0.1, -0.05) is 38.0 Å². The van der Waals surface area contributed by atoms with Gasteiger partial charge in [-0.15, -0.1) is 0 Å². The van der Waals surface area contributed by atoms with Crippen LogP contribution >= 0.6 is 0 Å². The molecular weight excluding hydrogens is 220 g/mol. The molecule has 2 N–H and O–H groups in total. The van der Waals surface area contributed by atoms with E-state index in [4.69, 9.17) is 0 Å². The lowest BCUT2D eigenvalue weighted by Crippen LogP contribution is -2.29. The summed E-state index contributed by atoms with van der Waals surface area (Å²) in [4.78, 5) is 0. The van der Waals surface area contributed by atoms with E-state index < -0.39 is 0 Å². The van der Waals surface area contributed by atoms with Gasteiger partial charge in [0.15, 0.2) is 0 Å². The van der Waals surface area contributed by atoms with Crippen molar-refractivity contribution in [1.29, 1.82) is 0 Å². The fraction of sp³-hybridized carbons (Fsp3) is 0.625. The van der Waals surface area contributed by atoms with Crippen molar-refractivity contribution in [2.24, 2.45) is 11.8 Å². The van der Waals surface area contributed by atoms with Crippen LogP contribution in [-0.4, -0.2) is 19.6 Å². The van der Waals surface area contributed by atoms with Crippen molar-refractivity contribution in [3.8, 4) is 0 Å². The van der Waals surface area contributed by atoms with E-state index in [-0.39, 0.29) is 0 Å². The molecule has 2 rings (SSSR count). The molecule has 1 aliphatic carbocycles. The fourth-order valence-corrected chi connectivity index (χ4v) is 2.69. The number of hydrogen-bond acceptors (Lipinski definition) is 2. The third-order valence-corrected chi connectivity index (χ3v) is 3.97. The second-order valence-corrected chi connectivity index (χ2v) is 5.62.